The van der Waals surface area contributed by atoms with E-state index in [0.717, 1.165) is 38.8 Å². The van der Waals surface area contributed by atoms with E-state index in [0.29, 0.717) is 5.56 Å². The van der Waals surface area contributed by atoms with E-state index in [1.807, 2.05) is 18.2 Å². The van der Waals surface area contributed by atoms with Crippen molar-refractivity contribution in [2.75, 3.05) is 0 Å². The molecule has 27 heavy (non-hydrogen) atoms. The van der Waals surface area contributed by atoms with Crippen LogP contribution in [-0.2, 0) is 4.79 Å². The normalized spacial score (nSPS) is 16.7. The number of carbonyl (C=O) groups is 2. The Morgan fingerprint density at radius 3 is 1.56 bits per heavy atom. The minimum Gasteiger partial charge on any atom is -0.302 e. The van der Waals surface area contributed by atoms with Crippen LogP contribution in [0.25, 0.3) is 53.9 Å². The van der Waals surface area contributed by atoms with Crippen LogP contribution in [0.3, 0.4) is 0 Å². The Kier molecular flexibility index (Phi) is 2.14. The maximum absolute atomic E-state index is 13.1. The van der Waals surface area contributed by atoms with Crippen molar-refractivity contribution in [3.63, 3.8) is 0 Å². The van der Waals surface area contributed by atoms with Crippen LogP contribution in [-0.4, -0.2) is 12.1 Å². The van der Waals surface area contributed by atoms with Gasteiger partial charge < -0.3 is 4.79 Å². The first-order chi connectivity index (χ1) is 13.3. The molecule has 6 aromatic carbocycles. The summed E-state index contributed by atoms with van der Waals surface area (Å²) in [5.74, 6) is -0.800. The second kappa shape index (κ2) is 4.24. The number of rotatable bonds is 1. The number of benzene rings is 6. The number of hydrogen-bond acceptors (Lipinski definition) is 2. The summed E-state index contributed by atoms with van der Waals surface area (Å²) in [5.41, 5.74) is 1.53. The Labute approximate surface area is 153 Å². The van der Waals surface area contributed by atoms with E-state index in [1.165, 1.54) is 26.9 Å². The van der Waals surface area contributed by atoms with E-state index in [4.69, 9.17) is 0 Å². The van der Waals surface area contributed by atoms with Gasteiger partial charge in [0.15, 0.2) is 5.78 Å². The van der Waals surface area contributed by atoms with Crippen LogP contribution < -0.4 is 0 Å². The van der Waals surface area contributed by atoms with Gasteiger partial charge in [-0.15, -0.1) is 0 Å². The summed E-state index contributed by atoms with van der Waals surface area (Å²) in [6.07, 6.45) is 0.800. The van der Waals surface area contributed by atoms with Gasteiger partial charge in [0.25, 0.3) is 0 Å². The molecule has 0 N–H and O–H groups in total. The average molecular weight is 344 g/mol. The Morgan fingerprint density at radius 1 is 0.556 bits per heavy atom. The van der Waals surface area contributed by atoms with Crippen LogP contribution in [0, 0.1) is 0 Å². The average Bonchev–Trinajstić information content (AvgIpc) is 2.72. The van der Waals surface area contributed by atoms with Crippen LogP contribution >= 0.6 is 0 Å². The summed E-state index contributed by atoms with van der Waals surface area (Å²) in [7, 11) is 0. The molecule has 2 nitrogen and oxygen atoms in total. The van der Waals surface area contributed by atoms with Gasteiger partial charge in [-0.3, -0.25) is 4.79 Å². The van der Waals surface area contributed by atoms with Crippen molar-refractivity contribution < 1.29 is 9.59 Å². The maximum Gasteiger partial charge on any atom is 0.178 e. The first kappa shape index (κ1) is 13.7. The molecule has 0 saturated carbocycles. The quantitative estimate of drug-likeness (QED) is 0.163. The van der Waals surface area contributed by atoms with Gasteiger partial charge >= 0.3 is 0 Å². The minimum absolute atomic E-state index is 0.0858. The van der Waals surface area contributed by atoms with E-state index in [9.17, 15) is 9.59 Å². The van der Waals surface area contributed by atoms with Crippen LogP contribution in [0.15, 0.2) is 60.7 Å². The minimum atomic E-state index is -0.714. The number of hydrogen-bond donors (Lipinski definition) is 0. The Morgan fingerprint density at radius 2 is 1.00 bits per heavy atom. The molecule has 0 radical (unpaired) electrons. The smallest absolute Gasteiger partial charge is 0.178 e. The zero-order chi connectivity index (χ0) is 17.9. The van der Waals surface area contributed by atoms with E-state index < -0.39 is 5.92 Å². The third-order valence-corrected chi connectivity index (χ3v) is 6.43. The van der Waals surface area contributed by atoms with Gasteiger partial charge in [-0.25, -0.2) is 0 Å². The second-order valence-corrected chi connectivity index (χ2v) is 7.59. The maximum atomic E-state index is 13.1. The molecule has 0 aliphatic heterocycles. The molecule has 0 amide bonds. The molecule has 7 rings (SSSR count). The summed E-state index contributed by atoms with van der Waals surface area (Å²) >= 11 is 0. The molecule has 0 aromatic heterocycles. The van der Waals surface area contributed by atoms with E-state index in [1.54, 1.807) is 0 Å². The summed E-state index contributed by atoms with van der Waals surface area (Å²) in [5, 5.41) is 11.6. The fourth-order valence-electron chi connectivity index (χ4n) is 5.32. The highest BCUT2D eigenvalue weighted by molar-refractivity contribution is 6.44. The van der Waals surface area contributed by atoms with Gasteiger partial charge in [-0.05, 0) is 54.0 Å². The van der Waals surface area contributed by atoms with Crippen LogP contribution in [0.5, 0.6) is 0 Å². The van der Waals surface area contributed by atoms with Crippen LogP contribution in [0.4, 0.5) is 0 Å². The molecule has 0 spiro atoms. The first-order valence-corrected chi connectivity index (χ1v) is 9.15. The molecule has 0 fully saturated rings. The topological polar surface area (TPSA) is 34.1 Å². The highest BCUT2D eigenvalue weighted by Gasteiger charge is 2.33. The van der Waals surface area contributed by atoms with Gasteiger partial charge in [-0.1, -0.05) is 60.7 Å². The zero-order valence-corrected chi connectivity index (χ0v) is 14.2. The second-order valence-electron chi connectivity index (χ2n) is 7.59. The molecule has 1 atom stereocenters. The number of ketones is 1. The molecule has 2 heteroatoms. The molecular formula is C25H12O2. The lowest BCUT2D eigenvalue weighted by Crippen LogP contribution is -2.19. The van der Waals surface area contributed by atoms with Gasteiger partial charge in [0.2, 0.25) is 0 Å². The number of aldehydes is 1. The monoisotopic (exact) mass is 344 g/mol. The van der Waals surface area contributed by atoms with E-state index in [-0.39, 0.29) is 5.78 Å². The number of carbonyl (C=O) groups excluding carboxylic acids is 2. The van der Waals surface area contributed by atoms with E-state index in [2.05, 4.69) is 42.5 Å². The van der Waals surface area contributed by atoms with Crippen LogP contribution in [0.1, 0.15) is 21.8 Å². The lowest BCUT2D eigenvalue weighted by atomic mass is 9.75. The van der Waals surface area contributed by atoms with Gasteiger partial charge in [0.05, 0.1) is 0 Å². The largest absolute Gasteiger partial charge is 0.302 e. The molecule has 1 aliphatic rings. The van der Waals surface area contributed by atoms with Gasteiger partial charge in [-0.2, -0.15) is 0 Å². The van der Waals surface area contributed by atoms with Crippen molar-refractivity contribution in [1.29, 1.82) is 0 Å². The molecule has 0 bridgehead atoms. The summed E-state index contributed by atoms with van der Waals surface area (Å²) in [4.78, 5) is 25.0. The van der Waals surface area contributed by atoms with Gasteiger partial charge in [0.1, 0.15) is 12.2 Å². The van der Waals surface area contributed by atoms with Crippen molar-refractivity contribution in [1.82, 2.24) is 0 Å². The Balaban J connectivity index is 2.01. The van der Waals surface area contributed by atoms with E-state index >= 15 is 0 Å². The molecule has 0 saturated heterocycles. The third-order valence-electron chi connectivity index (χ3n) is 6.43. The highest BCUT2D eigenvalue weighted by Crippen LogP contribution is 2.50. The first-order valence-electron chi connectivity index (χ1n) is 9.15. The lowest BCUT2D eigenvalue weighted by molar-refractivity contribution is -0.108. The van der Waals surface area contributed by atoms with Crippen LogP contribution in [0.2, 0.25) is 0 Å². The Bertz CT molecular complexity index is 1600. The SMILES string of the molecule is O=CC1C(=O)c2ccc3ccc4ccc5ccc6ccc1c1c2c3c4c5c61. The van der Waals surface area contributed by atoms with Crippen molar-refractivity contribution in [2.45, 2.75) is 5.92 Å². The standard InChI is InChI=1S/C25H12O2/c26-11-18-16-9-7-14-5-3-12-1-2-13-4-6-15-8-10-17(25(18)27)24-22(15)20(13)19(12)21(14)23(16)24/h1-11,18H. The summed E-state index contributed by atoms with van der Waals surface area (Å²) < 4.78 is 0. The van der Waals surface area contributed by atoms with Gasteiger partial charge in [0, 0.05) is 10.9 Å². The Hall–Kier alpha value is -3.52. The van der Waals surface area contributed by atoms with Crippen molar-refractivity contribution in [2.24, 2.45) is 0 Å². The number of Topliss-reactive ketones (excluding diaryl/α,β-unsaturated/α-hetero) is 1. The fourth-order valence-corrected chi connectivity index (χ4v) is 5.32. The molecular weight excluding hydrogens is 332 g/mol. The predicted octanol–water partition coefficient (Wildman–Crippen LogP) is 5.81. The highest BCUT2D eigenvalue weighted by atomic mass is 16.1. The molecule has 0 heterocycles. The molecule has 124 valence electrons. The summed E-state index contributed by atoms with van der Waals surface area (Å²) in [6, 6.07) is 20.9. The molecule has 1 aliphatic carbocycles. The van der Waals surface area contributed by atoms with Crippen molar-refractivity contribution in [3.8, 4) is 0 Å². The summed E-state index contributed by atoms with van der Waals surface area (Å²) in [6.45, 7) is 0. The fraction of sp³-hybridized carbons (Fsp3) is 0.0400. The molecule has 6 aromatic rings. The molecule has 1 unspecified atom stereocenters. The van der Waals surface area contributed by atoms with Crippen molar-refractivity contribution >= 4 is 65.9 Å². The third kappa shape index (κ3) is 1.35. The predicted molar refractivity (Wildman–Crippen MR) is 109 cm³/mol. The lowest BCUT2D eigenvalue weighted by Gasteiger charge is -2.26. The van der Waals surface area contributed by atoms with Crippen molar-refractivity contribution in [3.05, 3.63) is 71.8 Å². The zero-order valence-electron chi connectivity index (χ0n) is 14.2.